The molecule has 10 heteroatoms. The summed E-state index contributed by atoms with van der Waals surface area (Å²) < 4.78 is 16.8. The smallest absolute Gasteiger partial charge is 0.298 e. The Hall–Kier alpha value is -3.72. The molecule has 4 aromatic rings. The quantitative estimate of drug-likeness (QED) is 0.368. The molecule has 0 unspecified atom stereocenters. The molecule has 0 aliphatic rings. The van der Waals surface area contributed by atoms with E-state index in [0.29, 0.717) is 6.54 Å². The Kier molecular flexibility index (Phi) is 5.43. The summed E-state index contributed by atoms with van der Waals surface area (Å²) in [6, 6.07) is 12.1. The number of aromatic amines is 1. The van der Waals surface area contributed by atoms with Crippen LogP contribution < -0.4 is 16.7 Å². The largest absolute Gasteiger partial charge is 0.329 e. The van der Waals surface area contributed by atoms with Gasteiger partial charge in [0.05, 0.1) is 17.8 Å². The molecule has 4 rings (SSSR count). The molecule has 2 aromatic carbocycles. The molecular weight excluding hydrogens is 423 g/mol. The molecule has 8 nitrogen and oxygen atoms in total. The Morgan fingerprint density at radius 2 is 2.03 bits per heavy atom. The van der Waals surface area contributed by atoms with Crippen molar-refractivity contribution in [1.82, 2.24) is 19.1 Å². The zero-order valence-electron chi connectivity index (χ0n) is 16.7. The molecule has 0 saturated heterocycles. The number of benzene rings is 2. The van der Waals surface area contributed by atoms with Crippen molar-refractivity contribution in [2.45, 2.75) is 13.5 Å². The molecule has 2 N–H and O–H groups in total. The maximum Gasteiger partial charge on any atom is 0.329 e. The van der Waals surface area contributed by atoms with Crippen LogP contribution in [-0.4, -0.2) is 25.3 Å². The molecule has 31 heavy (non-hydrogen) atoms. The van der Waals surface area contributed by atoms with Gasteiger partial charge in [-0.25, -0.2) is 14.6 Å². The van der Waals surface area contributed by atoms with E-state index in [-0.39, 0.29) is 27.7 Å². The highest BCUT2D eigenvalue weighted by Crippen LogP contribution is 2.19. The maximum atomic E-state index is 14.0. The van der Waals surface area contributed by atoms with E-state index in [1.807, 2.05) is 31.2 Å². The number of aryl methyl sites for hydroxylation is 2. The van der Waals surface area contributed by atoms with Crippen LogP contribution in [0.4, 0.5) is 10.3 Å². The number of aromatic nitrogens is 4. The van der Waals surface area contributed by atoms with Crippen LogP contribution in [0.25, 0.3) is 11.2 Å². The monoisotopic (exact) mass is 440 g/mol. The summed E-state index contributed by atoms with van der Waals surface area (Å²) in [5.41, 5.74) is 4.11. The predicted octanol–water partition coefficient (Wildman–Crippen LogP) is 3.02. The summed E-state index contributed by atoms with van der Waals surface area (Å²) in [5, 5.41) is 4.25. The number of imidazole rings is 1. The second-order valence-corrected chi connectivity index (χ2v) is 7.41. The summed E-state index contributed by atoms with van der Waals surface area (Å²) in [5.74, 6) is -0.308. The van der Waals surface area contributed by atoms with Gasteiger partial charge in [-0.3, -0.25) is 18.9 Å². The first-order valence-corrected chi connectivity index (χ1v) is 9.71. The molecule has 0 atom stereocenters. The topological polar surface area (TPSA) is 97.1 Å². The van der Waals surface area contributed by atoms with Gasteiger partial charge in [0.1, 0.15) is 5.82 Å². The fraction of sp³-hybridized carbons (Fsp3) is 0.143. The fourth-order valence-corrected chi connectivity index (χ4v) is 3.47. The standard InChI is InChI=1S/C21H18ClFN6O2/c1-12-5-3-6-13(9-12)11-29-17-18(28(2)21(31)26-19(17)30)25-20(29)27-24-10-14-15(22)7-4-8-16(14)23/h3-10H,11H2,1-2H3,(H,25,27)(H,26,30,31). The number of hydrogen-bond acceptors (Lipinski definition) is 5. The van der Waals surface area contributed by atoms with Crippen molar-refractivity contribution < 1.29 is 4.39 Å². The van der Waals surface area contributed by atoms with Gasteiger partial charge in [0.25, 0.3) is 5.56 Å². The maximum absolute atomic E-state index is 14.0. The second kappa shape index (κ2) is 8.19. The molecular formula is C21H18ClFN6O2. The van der Waals surface area contributed by atoms with Gasteiger partial charge >= 0.3 is 5.69 Å². The van der Waals surface area contributed by atoms with Gasteiger partial charge in [-0.05, 0) is 24.6 Å². The number of hydrazone groups is 1. The number of anilines is 1. The van der Waals surface area contributed by atoms with Crippen molar-refractivity contribution in [2.75, 3.05) is 5.43 Å². The van der Waals surface area contributed by atoms with Crippen molar-refractivity contribution in [2.24, 2.45) is 12.1 Å². The minimum absolute atomic E-state index is 0.114. The number of nitrogens with one attached hydrogen (secondary N) is 2. The number of H-pyrrole nitrogens is 1. The van der Waals surface area contributed by atoms with Crippen molar-refractivity contribution in [3.8, 4) is 0 Å². The first kappa shape index (κ1) is 20.5. The molecule has 158 valence electrons. The Bertz CT molecular complexity index is 1420. The molecule has 0 fully saturated rings. The lowest BCUT2D eigenvalue weighted by Crippen LogP contribution is -2.29. The lowest BCUT2D eigenvalue weighted by atomic mass is 10.1. The van der Waals surface area contributed by atoms with E-state index in [9.17, 15) is 14.0 Å². The Balaban J connectivity index is 1.81. The Morgan fingerprint density at radius 1 is 1.26 bits per heavy atom. The zero-order chi connectivity index (χ0) is 22.1. The van der Waals surface area contributed by atoms with Gasteiger partial charge in [0.15, 0.2) is 11.2 Å². The fourth-order valence-electron chi connectivity index (χ4n) is 3.26. The lowest BCUT2D eigenvalue weighted by molar-refractivity contribution is 0.626. The summed E-state index contributed by atoms with van der Waals surface area (Å²) in [4.78, 5) is 31.2. The highest BCUT2D eigenvalue weighted by atomic mass is 35.5. The number of fused-ring (bicyclic) bond motifs is 1. The summed E-state index contributed by atoms with van der Waals surface area (Å²) in [6.07, 6.45) is 1.23. The van der Waals surface area contributed by atoms with E-state index >= 15 is 0 Å². The molecule has 0 saturated carbocycles. The minimum atomic E-state index is -0.578. The van der Waals surface area contributed by atoms with Crippen LogP contribution in [-0.2, 0) is 13.6 Å². The zero-order valence-corrected chi connectivity index (χ0v) is 17.4. The summed E-state index contributed by atoms with van der Waals surface area (Å²) in [7, 11) is 1.51. The van der Waals surface area contributed by atoms with Crippen molar-refractivity contribution in [3.63, 3.8) is 0 Å². The van der Waals surface area contributed by atoms with Crippen LogP contribution in [0.15, 0.2) is 57.2 Å². The average Bonchev–Trinajstić information content (AvgIpc) is 3.07. The van der Waals surface area contributed by atoms with E-state index in [4.69, 9.17) is 11.6 Å². The second-order valence-electron chi connectivity index (χ2n) is 7.01. The van der Waals surface area contributed by atoms with Crippen molar-refractivity contribution in [3.05, 3.63) is 90.8 Å². The van der Waals surface area contributed by atoms with Gasteiger partial charge in [-0.2, -0.15) is 10.1 Å². The molecule has 0 aliphatic carbocycles. The SMILES string of the molecule is Cc1cccc(Cn2c(NN=Cc3c(F)cccc3Cl)nc3c2c(=O)[nH]c(=O)n3C)c1. The highest BCUT2D eigenvalue weighted by Gasteiger charge is 2.17. The van der Waals surface area contributed by atoms with Crippen LogP contribution in [0, 0.1) is 12.7 Å². The van der Waals surface area contributed by atoms with Gasteiger partial charge < -0.3 is 0 Å². The number of hydrogen-bond donors (Lipinski definition) is 2. The van der Waals surface area contributed by atoms with Crippen LogP contribution >= 0.6 is 11.6 Å². The molecule has 0 spiro atoms. The van der Waals surface area contributed by atoms with Crippen molar-refractivity contribution in [1.29, 1.82) is 0 Å². The first-order chi connectivity index (χ1) is 14.8. The van der Waals surface area contributed by atoms with Gasteiger partial charge in [-0.1, -0.05) is 47.5 Å². The molecule has 0 amide bonds. The molecule has 0 bridgehead atoms. The Morgan fingerprint density at radius 3 is 2.77 bits per heavy atom. The van der Waals surface area contributed by atoms with Crippen LogP contribution in [0.5, 0.6) is 0 Å². The molecule has 2 heterocycles. The van der Waals surface area contributed by atoms with Crippen LogP contribution in [0.3, 0.4) is 0 Å². The first-order valence-electron chi connectivity index (χ1n) is 9.33. The van der Waals surface area contributed by atoms with E-state index < -0.39 is 17.1 Å². The number of rotatable bonds is 5. The van der Waals surface area contributed by atoms with E-state index in [1.54, 1.807) is 10.6 Å². The highest BCUT2D eigenvalue weighted by molar-refractivity contribution is 6.33. The summed E-state index contributed by atoms with van der Waals surface area (Å²) >= 11 is 6.02. The Labute approximate surface area is 180 Å². The van der Waals surface area contributed by atoms with Crippen molar-refractivity contribution >= 4 is 34.9 Å². The third-order valence-corrected chi connectivity index (χ3v) is 5.12. The van der Waals surface area contributed by atoms with E-state index in [2.05, 4.69) is 20.5 Å². The average molecular weight is 441 g/mol. The van der Waals surface area contributed by atoms with Gasteiger partial charge in [0, 0.05) is 12.6 Å². The third kappa shape index (κ3) is 3.99. The van der Waals surface area contributed by atoms with Crippen LogP contribution in [0.1, 0.15) is 16.7 Å². The molecule has 0 radical (unpaired) electrons. The van der Waals surface area contributed by atoms with Gasteiger partial charge in [-0.15, -0.1) is 0 Å². The van der Waals surface area contributed by atoms with Gasteiger partial charge in [0.2, 0.25) is 5.95 Å². The van der Waals surface area contributed by atoms with E-state index in [0.717, 1.165) is 11.1 Å². The molecule has 2 aromatic heterocycles. The lowest BCUT2D eigenvalue weighted by Gasteiger charge is -2.09. The molecule has 0 aliphatic heterocycles. The van der Waals surface area contributed by atoms with Crippen LogP contribution in [0.2, 0.25) is 5.02 Å². The normalized spacial score (nSPS) is 11.5. The minimum Gasteiger partial charge on any atom is -0.298 e. The predicted molar refractivity (Wildman–Crippen MR) is 119 cm³/mol. The number of nitrogens with zero attached hydrogens (tertiary/aromatic N) is 4. The summed E-state index contributed by atoms with van der Waals surface area (Å²) in [6.45, 7) is 2.27. The number of halogens is 2. The third-order valence-electron chi connectivity index (χ3n) is 4.79. The van der Waals surface area contributed by atoms with E-state index in [1.165, 1.54) is 30.0 Å².